The summed E-state index contributed by atoms with van der Waals surface area (Å²) in [7, 11) is 0. The van der Waals surface area contributed by atoms with E-state index in [1.165, 1.54) is 12.8 Å². The normalized spacial score (nSPS) is 30.3. The van der Waals surface area contributed by atoms with Gasteiger partial charge in [0.05, 0.1) is 0 Å². The van der Waals surface area contributed by atoms with Gasteiger partial charge in [-0.15, -0.1) is 0 Å². The second kappa shape index (κ2) is 6.57. The predicted molar refractivity (Wildman–Crippen MR) is 66.2 cm³/mol. The number of rotatable bonds is 2. The molecule has 2 unspecified atom stereocenters. The number of ether oxygens (including phenoxy) is 2. The van der Waals surface area contributed by atoms with Crippen LogP contribution in [0.4, 0.5) is 4.79 Å². The van der Waals surface area contributed by atoms with Crippen LogP contribution in [0.3, 0.4) is 0 Å². The van der Waals surface area contributed by atoms with E-state index in [1.54, 1.807) is 0 Å². The molecule has 0 aromatic rings. The zero-order valence-corrected chi connectivity index (χ0v) is 10.6. The summed E-state index contributed by atoms with van der Waals surface area (Å²) < 4.78 is 10.3. The fourth-order valence-corrected chi connectivity index (χ4v) is 2.40. The Labute approximate surface area is 107 Å². The molecule has 18 heavy (non-hydrogen) atoms. The zero-order valence-electron chi connectivity index (χ0n) is 10.6. The van der Waals surface area contributed by atoms with E-state index in [2.05, 4.69) is 6.08 Å². The van der Waals surface area contributed by atoms with Gasteiger partial charge in [0.2, 0.25) is 0 Å². The summed E-state index contributed by atoms with van der Waals surface area (Å²) in [6, 6.07) is 0. The van der Waals surface area contributed by atoms with Crippen molar-refractivity contribution in [1.29, 1.82) is 0 Å². The molecule has 0 radical (unpaired) electrons. The first-order valence-corrected chi connectivity index (χ1v) is 6.82. The lowest BCUT2D eigenvalue weighted by Gasteiger charge is -2.17. The van der Waals surface area contributed by atoms with E-state index < -0.39 is 12.3 Å². The summed E-state index contributed by atoms with van der Waals surface area (Å²) in [6.07, 6.45) is 9.76. The Bertz CT molecular complexity index is 335. The summed E-state index contributed by atoms with van der Waals surface area (Å²) in [6.45, 7) is 0. The van der Waals surface area contributed by atoms with Gasteiger partial charge in [-0.25, -0.2) is 4.79 Å². The van der Waals surface area contributed by atoms with Crippen molar-refractivity contribution in [1.82, 2.24) is 0 Å². The first-order chi connectivity index (χ1) is 8.75. The monoisotopic (exact) mass is 252 g/mol. The molecule has 100 valence electrons. The van der Waals surface area contributed by atoms with Crippen molar-refractivity contribution >= 4 is 11.9 Å². The van der Waals surface area contributed by atoms with Crippen LogP contribution in [-0.2, 0) is 14.3 Å². The number of carbonyl (C=O) groups excluding carboxylic acids is 2. The molecule has 0 spiro atoms. The summed E-state index contributed by atoms with van der Waals surface area (Å²) in [4.78, 5) is 22.9. The summed E-state index contributed by atoms with van der Waals surface area (Å²) >= 11 is 0. The van der Waals surface area contributed by atoms with Crippen molar-refractivity contribution in [2.24, 2.45) is 0 Å². The fourth-order valence-electron chi connectivity index (χ4n) is 2.40. The second-order valence-electron chi connectivity index (χ2n) is 4.94. The second-order valence-corrected chi connectivity index (χ2v) is 4.94. The lowest BCUT2D eigenvalue weighted by molar-refractivity contribution is -0.126. The molecule has 2 aliphatic rings. The quantitative estimate of drug-likeness (QED) is 0.559. The molecule has 1 saturated carbocycles. The van der Waals surface area contributed by atoms with Gasteiger partial charge in [0.1, 0.15) is 6.10 Å². The molecule has 1 fully saturated rings. The molecule has 2 atom stereocenters. The van der Waals surface area contributed by atoms with E-state index in [9.17, 15) is 9.59 Å². The Balaban J connectivity index is 1.78. The van der Waals surface area contributed by atoms with Crippen molar-refractivity contribution in [3.05, 3.63) is 12.2 Å². The fraction of sp³-hybridized carbons (Fsp3) is 0.714. The van der Waals surface area contributed by atoms with E-state index in [4.69, 9.17) is 9.47 Å². The maximum atomic E-state index is 11.6. The van der Waals surface area contributed by atoms with Crippen LogP contribution in [0.25, 0.3) is 0 Å². The number of allylic oxidation sites excluding steroid dienone is 1. The third-order valence-electron chi connectivity index (χ3n) is 3.44. The largest absolute Gasteiger partial charge is 0.509 e. The maximum Gasteiger partial charge on any atom is 0.509 e. The summed E-state index contributed by atoms with van der Waals surface area (Å²) in [5.41, 5.74) is 0. The van der Waals surface area contributed by atoms with Crippen LogP contribution in [0.5, 0.6) is 0 Å². The first-order valence-electron chi connectivity index (χ1n) is 6.82. The molecule has 0 N–H and O–H groups in total. The molecule has 0 saturated heterocycles. The van der Waals surface area contributed by atoms with Crippen LogP contribution in [0.15, 0.2) is 12.2 Å². The molecular formula is C14H20O4. The molecule has 2 aliphatic carbocycles. The van der Waals surface area contributed by atoms with Gasteiger partial charge in [-0.1, -0.05) is 12.5 Å². The number of hydrogen-bond donors (Lipinski definition) is 0. The molecule has 0 aromatic carbocycles. The van der Waals surface area contributed by atoms with Crippen molar-refractivity contribution in [3.63, 3.8) is 0 Å². The third-order valence-corrected chi connectivity index (χ3v) is 3.44. The molecule has 0 aliphatic heterocycles. The molecule has 0 heterocycles. The Morgan fingerprint density at radius 2 is 2.00 bits per heavy atom. The van der Waals surface area contributed by atoms with Gasteiger partial charge in [-0.2, -0.15) is 0 Å². The average molecular weight is 252 g/mol. The highest BCUT2D eigenvalue weighted by molar-refractivity contribution is 5.86. The number of hydrogen-bond acceptors (Lipinski definition) is 4. The van der Waals surface area contributed by atoms with E-state index in [1.807, 2.05) is 6.08 Å². The lowest BCUT2D eigenvalue weighted by atomic mass is 10.0. The van der Waals surface area contributed by atoms with Gasteiger partial charge in [0.15, 0.2) is 11.9 Å². The van der Waals surface area contributed by atoms with Gasteiger partial charge in [0, 0.05) is 6.42 Å². The maximum absolute atomic E-state index is 11.6. The summed E-state index contributed by atoms with van der Waals surface area (Å²) in [5, 5.41) is 0. The van der Waals surface area contributed by atoms with Gasteiger partial charge in [0.25, 0.3) is 0 Å². The molecular weight excluding hydrogens is 232 g/mol. The van der Waals surface area contributed by atoms with Gasteiger partial charge >= 0.3 is 6.16 Å². The van der Waals surface area contributed by atoms with E-state index in [0.29, 0.717) is 12.8 Å². The van der Waals surface area contributed by atoms with E-state index in [-0.39, 0.29) is 11.9 Å². The molecule has 0 bridgehead atoms. The van der Waals surface area contributed by atoms with Crippen LogP contribution in [-0.4, -0.2) is 24.1 Å². The highest BCUT2D eigenvalue weighted by Crippen LogP contribution is 2.19. The van der Waals surface area contributed by atoms with Crippen molar-refractivity contribution in [2.75, 3.05) is 0 Å². The standard InChI is InChI=1S/C14H20O4/c15-12-9-6-10-13(12)18-14(16)17-11-7-4-2-1-3-5-8-11/h4,7,11,13H,1-3,5-6,8-10H2/b7-4+. The Hall–Kier alpha value is -1.32. The first kappa shape index (κ1) is 13.1. The van der Waals surface area contributed by atoms with Crippen LogP contribution in [0, 0.1) is 0 Å². The molecule has 4 nitrogen and oxygen atoms in total. The van der Waals surface area contributed by atoms with Crippen molar-refractivity contribution in [2.45, 2.75) is 63.6 Å². The molecule has 4 heteroatoms. The molecule has 0 aromatic heterocycles. The predicted octanol–water partition coefficient (Wildman–Crippen LogP) is 3.15. The van der Waals surface area contributed by atoms with E-state index >= 15 is 0 Å². The molecule has 0 amide bonds. The topological polar surface area (TPSA) is 52.6 Å². The average Bonchev–Trinajstić information content (AvgIpc) is 2.68. The van der Waals surface area contributed by atoms with Crippen LogP contribution >= 0.6 is 0 Å². The summed E-state index contributed by atoms with van der Waals surface area (Å²) in [5.74, 6) is 0.0140. The van der Waals surface area contributed by atoms with Crippen LogP contribution < -0.4 is 0 Å². The third kappa shape index (κ3) is 3.86. The minimum Gasteiger partial charge on any atom is -0.427 e. The number of carbonyl (C=O) groups is 2. The zero-order chi connectivity index (χ0) is 12.8. The molecule has 2 rings (SSSR count). The van der Waals surface area contributed by atoms with E-state index in [0.717, 1.165) is 25.7 Å². The number of ketones is 1. The number of Topliss-reactive ketones (excluding diaryl/α,β-unsaturated/α-hetero) is 1. The highest BCUT2D eigenvalue weighted by Gasteiger charge is 2.29. The minimum absolute atomic E-state index is 0.0140. The lowest BCUT2D eigenvalue weighted by Crippen LogP contribution is -2.25. The SMILES string of the molecule is O=C(OC1/C=C/CCCCC1)OC1CCCC1=O. The van der Waals surface area contributed by atoms with Crippen LogP contribution in [0.2, 0.25) is 0 Å². The smallest absolute Gasteiger partial charge is 0.427 e. The van der Waals surface area contributed by atoms with Gasteiger partial charge in [-0.3, -0.25) is 4.79 Å². The highest BCUT2D eigenvalue weighted by atomic mass is 16.7. The van der Waals surface area contributed by atoms with Gasteiger partial charge < -0.3 is 9.47 Å². The minimum atomic E-state index is -0.703. The van der Waals surface area contributed by atoms with Crippen molar-refractivity contribution < 1.29 is 19.1 Å². The van der Waals surface area contributed by atoms with Gasteiger partial charge in [-0.05, 0) is 44.6 Å². The Morgan fingerprint density at radius 3 is 2.78 bits per heavy atom. The Morgan fingerprint density at radius 1 is 1.11 bits per heavy atom. The van der Waals surface area contributed by atoms with Crippen LogP contribution in [0.1, 0.15) is 51.4 Å². The van der Waals surface area contributed by atoms with Crippen molar-refractivity contribution in [3.8, 4) is 0 Å². The Kier molecular flexibility index (Phi) is 4.79.